The third-order valence-corrected chi connectivity index (χ3v) is 5.15. The Morgan fingerprint density at radius 3 is 2.32 bits per heavy atom. The van der Waals surface area contributed by atoms with Crippen LogP contribution in [-0.4, -0.2) is 49.7 Å². The minimum absolute atomic E-state index is 0.0449. The van der Waals surface area contributed by atoms with Gasteiger partial charge in [-0.3, -0.25) is 14.5 Å². The quantitative estimate of drug-likeness (QED) is 0.573. The number of hydrogen-bond donors (Lipinski definition) is 0. The summed E-state index contributed by atoms with van der Waals surface area (Å²) in [6, 6.07) is 0. The van der Waals surface area contributed by atoms with Crippen molar-refractivity contribution in [1.29, 1.82) is 0 Å². The molecule has 0 amide bonds. The topological polar surface area (TPSA) is 55.8 Å². The van der Waals surface area contributed by atoms with Gasteiger partial charge in [0.05, 0.1) is 6.54 Å². The van der Waals surface area contributed by atoms with Crippen molar-refractivity contribution in [3.8, 4) is 0 Å². The van der Waals surface area contributed by atoms with Gasteiger partial charge >= 0.3 is 5.97 Å². The molecule has 5 nitrogen and oxygen atoms in total. The van der Waals surface area contributed by atoms with E-state index in [1.807, 2.05) is 6.92 Å². The molecule has 0 spiro atoms. The Labute approximate surface area is 153 Å². The van der Waals surface area contributed by atoms with Crippen LogP contribution in [0.2, 0.25) is 0 Å². The van der Waals surface area contributed by atoms with E-state index in [9.17, 15) is 9.59 Å². The van der Waals surface area contributed by atoms with Crippen molar-refractivity contribution in [3.63, 3.8) is 0 Å². The van der Waals surface area contributed by atoms with E-state index in [1.54, 1.807) is 21.0 Å². The lowest BCUT2D eigenvalue weighted by Gasteiger charge is -2.30. The van der Waals surface area contributed by atoms with Crippen LogP contribution in [0, 0.1) is 23.2 Å². The summed E-state index contributed by atoms with van der Waals surface area (Å²) in [5, 5.41) is 0. The van der Waals surface area contributed by atoms with E-state index in [0.29, 0.717) is 18.4 Å². The minimum atomic E-state index is -1.15. The Kier molecular flexibility index (Phi) is 8.55. The van der Waals surface area contributed by atoms with Crippen LogP contribution in [0.1, 0.15) is 60.8 Å². The summed E-state index contributed by atoms with van der Waals surface area (Å²) >= 11 is 0. The van der Waals surface area contributed by atoms with Crippen molar-refractivity contribution in [2.45, 2.75) is 67.1 Å². The van der Waals surface area contributed by atoms with E-state index in [0.717, 1.165) is 32.4 Å². The van der Waals surface area contributed by atoms with Gasteiger partial charge < -0.3 is 9.47 Å². The monoisotopic (exact) mass is 355 g/mol. The van der Waals surface area contributed by atoms with Gasteiger partial charge in [-0.15, -0.1) is 0 Å². The van der Waals surface area contributed by atoms with Crippen molar-refractivity contribution in [3.05, 3.63) is 0 Å². The number of esters is 1. The molecule has 4 atom stereocenters. The number of carbonyl (C=O) groups is 2. The van der Waals surface area contributed by atoms with Gasteiger partial charge in [-0.05, 0) is 51.5 Å². The average Bonchev–Trinajstić information content (AvgIpc) is 2.52. The lowest BCUT2D eigenvalue weighted by Crippen LogP contribution is -2.43. The van der Waals surface area contributed by atoms with Gasteiger partial charge in [0.2, 0.25) is 6.29 Å². The molecule has 1 heterocycles. The van der Waals surface area contributed by atoms with Crippen LogP contribution in [-0.2, 0) is 19.1 Å². The second-order valence-electron chi connectivity index (χ2n) is 8.40. The molecule has 0 aromatic heterocycles. The van der Waals surface area contributed by atoms with Crippen LogP contribution in [0.3, 0.4) is 0 Å². The second-order valence-corrected chi connectivity index (χ2v) is 8.40. The number of cyclic esters (lactones) is 1. The first-order valence-electron chi connectivity index (χ1n) is 9.62. The predicted molar refractivity (Wildman–Crippen MR) is 99.1 cm³/mol. The summed E-state index contributed by atoms with van der Waals surface area (Å²) < 4.78 is 11.0. The first kappa shape index (κ1) is 22.1. The van der Waals surface area contributed by atoms with Gasteiger partial charge in [-0.2, -0.15) is 0 Å². The van der Waals surface area contributed by atoms with Crippen molar-refractivity contribution in [2.75, 3.05) is 26.7 Å². The molecule has 0 aliphatic carbocycles. The molecule has 5 heteroatoms. The van der Waals surface area contributed by atoms with Crippen LogP contribution >= 0.6 is 0 Å². The van der Waals surface area contributed by atoms with E-state index in [2.05, 4.69) is 25.7 Å². The largest absolute Gasteiger partial charge is 0.434 e. The van der Waals surface area contributed by atoms with Crippen molar-refractivity contribution in [1.82, 2.24) is 4.90 Å². The van der Waals surface area contributed by atoms with Gasteiger partial charge in [0.25, 0.3) is 0 Å². The van der Waals surface area contributed by atoms with Crippen LogP contribution in [0.5, 0.6) is 0 Å². The van der Waals surface area contributed by atoms with E-state index in [-0.39, 0.29) is 11.7 Å². The van der Waals surface area contributed by atoms with Crippen LogP contribution in [0.4, 0.5) is 0 Å². The number of methoxy groups -OCH3 is 1. The summed E-state index contributed by atoms with van der Waals surface area (Å²) in [6.45, 7) is 14.3. The SMILES string of the molecule is CCCN1CC(C)CC(C)CC(C)C(=O)C(C)(C)C(=O)OC(OC)C1. The normalized spacial score (nSPS) is 33.1. The lowest BCUT2D eigenvalue weighted by molar-refractivity contribution is -0.188. The van der Waals surface area contributed by atoms with Gasteiger partial charge in [-0.25, -0.2) is 0 Å². The molecule has 1 saturated heterocycles. The maximum Gasteiger partial charge on any atom is 0.321 e. The highest BCUT2D eigenvalue weighted by Crippen LogP contribution is 2.30. The van der Waals surface area contributed by atoms with Crippen LogP contribution in [0.15, 0.2) is 0 Å². The molecule has 4 unspecified atom stereocenters. The number of carbonyl (C=O) groups excluding carboxylic acids is 2. The Morgan fingerprint density at radius 2 is 1.76 bits per heavy atom. The second kappa shape index (κ2) is 9.67. The highest BCUT2D eigenvalue weighted by Gasteiger charge is 2.41. The van der Waals surface area contributed by atoms with E-state index >= 15 is 0 Å². The number of rotatable bonds is 3. The Hall–Kier alpha value is -0.940. The number of ketones is 1. The first-order valence-corrected chi connectivity index (χ1v) is 9.62. The van der Waals surface area contributed by atoms with Gasteiger partial charge in [0, 0.05) is 19.6 Å². The molecule has 0 N–H and O–H groups in total. The third kappa shape index (κ3) is 6.37. The molecule has 1 aliphatic heterocycles. The standard InChI is InChI=1S/C20H37NO4/c1-8-9-21-12-15(3)10-14(2)11-16(4)18(22)20(5,6)19(23)25-17(13-21)24-7/h14-17H,8-13H2,1-7H3. The Morgan fingerprint density at radius 1 is 1.12 bits per heavy atom. The minimum Gasteiger partial charge on any atom is -0.434 e. The number of nitrogens with zero attached hydrogens (tertiary/aromatic N) is 1. The number of hydrogen-bond acceptors (Lipinski definition) is 5. The lowest BCUT2D eigenvalue weighted by atomic mass is 9.78. The molecular weight excluding hydrogens is 318 g/mol. The Bertz CT molecular complexity index is 449. The first-order chi connectivity index (χ1) is 11.6. The molecule has 0 aromatic carbocycles. The fourth-order valence-corrected chi connectivity index (χ4v) is 3.94. The van der Waals surface area contributed by atoms with Crippen LogP contribution in [0.25, 0.3) is 0 Å². The van der Waals surface area contributed by atoms with Gasteiger partial charge in [-0.1, -0.05) is 27.7 Å². The highest BCUT2D eigenvalue weighted by atomic mass is 16.7. The molecule has 0 radical (unpaired) electrons. The fraction of sp³-hybridized carbons (Fsp3) is 0.900. The van der Waals surface area contributed by atoms with Crippen LogP contribution < -0.4 is 0 Å². The summed E-state index contributed by atoms with van der Waals surface area (Å²) in [6.07, 6.45) is 2.27. The highest BCUT2D eigenvalue weighted by molar-refractivity contribution is 6.03. The summed E-state index contributed by atoms with van der Waals surface area (Å²) in [5.41, 5.74) is -1.15. The van der Waals surface area contributed by atoms with Crippen molar-refractivity contribution < 1.29 is 19.1 Å². The number of Topliss-reactive ketones (excluding diaryl/α,β-unsaturated/α-hetero) is 1. The Balaban J connectivity index is 3.07. The maximum atomic E-state index is 12.8. The third-order valence-electron chi connectivity index (χ3n) is 5.15. The zero-order valence-corrected chi connectivity index (χ0v) is 17.1. The van der Waals surface area contributed by atoms with Gasteiger partial charge in [0.1, 0.15) is 5.41 Å². The molecule has 1 aliphatic rings. The maximum absolute atomic E-state index is 12.8. The molecule has 1 rings (SSSR count). The summed E-state index contributed by atoms with van der Waals surface area (Å²) in [7, 11) is 1.54. The summed E-state index contributed by atoms with van der Waals surface area (Å²) in [4.78, 5) is 27.7. The molecule has 25 heavy (non-hydrogen) atoms. The fourth-order valence-electron chi connectivity index (χ4n) is 3.94. The van der Waals surface area contributed by atoms with E-state index in [4.69, 9.17) is 9.47 Å². The van der Waals surface area contributed by atoms with E-state index < -0.39 is 17.7 Å². The predicted octanol–water partition coefficient (Wildman–Crippen LogP) is 3.51. The molecular formula is C20H37NO4. The zero-order chi connectivity index (χ0) is 19.2. The van der Waals surface area contributed by atoms with Crippen molar-refractivity contribution >= 4 is 11.8 Å². The van der Waals surface area contributed by atoms with Gasteiger partial charge in [0.15, 0.2) is 5.78 Å². The molecule has 0 saturated carbocycles. The number of ether oxygens (including phenoxy) is 2. The smallest absolute Gasteiger partial charge is 0.321 e. The molecule has 0 bridgehead atoms. The molecule has 0 aromatic rings. The molecule has 146 valence electrons. The summed E-state index contributed by atoms with van der Waals surface area (Å²) in [5.74, 6) is 0.274. The van der Waals surface area contributed by atoms with Crippen molar-refractivity contribution in [2.24, 2.45) is 23.2 Å². The van der Waals surface area contributed by atoms with E-state index in [1.165, 1.54) is 0 Å². The molecule has 1 fully saturated rings. The zero-order valence-electron chi connectivity index (χ0n) is 17.1. The average molecular weight is 356 g/mol.